The molecular weight excluding hydrogens is 370 g/mol. The van der Waals surface area contributed by atoms with Crippen molar-refractivity contribution in [2.24, 2.45) is 0 Å². The van der Waals surface area contributed by atoms with Gasteiger partial charge in [-0.2, -0.15) is 4.68 Å². The molecule has 2 aromatic heterocycles. The molecule has 1 unspecified atom stereocenters. The van der Waals surface area contributed by atoms with Crippen LogP contribution in [0.5, 0.6) is 0 Å². The van der Waals surface area contributed by atoms with Gasteiger partial charge >= 0.3 is 5.76 Å². The maximum absolute atomic E-state index is 12.4. The number of amides is 1. The Bertz CT molecular complexity index is 1150. The topological polar surface area (TPSA) is 95.0 Å². The highest BCUT2D eigenvalue weighted by molar-refractivity contribution is 5.76. The third-order valence-corrected chi connectivity index (χ3v) is 4.49. The van der Waals surface area contributed by atoms with E-state index in [0.29, 0.717) is 5.56 Å². The molecule has 4 rings (SSSR count). The van der Waals surface area contributed by atoms with Gasteiger partial charge in [-0.25, -0.2) is 9.78 Å². The summed E-state index contributed by atoms with van der Waals surface area (Å²) < 4.78 is 8.07. The summed E-state index contributed by atoms with van der Waals surface area (Å²) in [5.74, 6) is -0.811. The van der Waals surface area contributed by atoms with E-state index in [1.807, 2.05) is 60.2 Å². The van der Waals surface area contributed by atoms with Crippen LogP contribution >= 0.6 is 0 Å². The van der Waals surface area contributed by atoms with Crippen LogP contribution in [0.3, 0.4) is 0 Å². The van der Waals surface area contributed by atoms with E-state index in [4.69, 9.17) is 4.42 Å². The monoisotopic (exact) mass is 389 g/mol. The molecule has 0 saturated heterocycles. The first-order valence-electron chi connectivity index (χ1n) is 9.11. The maximum Gasteiger partial charge on any atom is 0.437 e. The number of imidazole rings is 1. The predicted octanol–water partition coefficient (Wildman–Crippen LogP) is 2.57. The third kappa shape index (κ3) is 4.16. The minimum absolute atomic E-state index is 0.187. The maximum atomic E-state index is 12.4. The SMILES string of the molecule is CC(NC(=O)Cn1nc(-c2ccccc2)oc1=O)c1ccc(-n2ccnc2)cc1. The molecule has 146 valence electrons. The van der Waals surface area contributed by atoms with Crippen LogP contribution in [0.25, 0.3) is 17.1 Å². The summed E-state index contributed by atoms with van der Waals surface area (Å²) >= 11 is 0. The molecule has 29 heavy (non-hydrogen) atoms. The van der Waals surface area contributed by atoms with E-state index in [2.05, 4.69) is 15.4 Å². The lowest BCUT2D eigenvalue weighted by atomic mass is 10.1. The first-order valence-corrected chi connectivity index (χ1v) is 9.11. The van der Waals surface area contributed by atoms with Gasteiger partial charge in [-0.05, 0) is 36.8 Å². The Morgan fingerprint density at radius 3 is 2.59 bits per heavy atom. The van der Waals surface area contributed by atoms with Gasteiger partial charge in [0.1, 0.15) is 6.54 Å². The Labute approximate surface area is 166 Å². The Morgan fingerprint density at radius 1 is 1.14 bits per heavy atom. The van der Waals surface area contributed by atoms with Crippen LogP contribution in [0.4, 0.5) is 0 Å². The van der Waals surface area contributed by atoms with Crippen molar-refractivity contribution in [2.75, 3.05) is 0 Å². The van der Waals surface area contributed by atoms with Crippen molar-refractivity contribution < 1.29 is 9.21 Å². The number of hydrogen-bond acceptors (Lipinski definition) is 5. The first kappa shape index (κ1) is 18.4. The molecule has 1 N–H and O–H groups in total. The largest absolute Gasteiger partial charge is 0.437 e. The number of aromatic nitrogens is 4. The number of nitrogens with one attached hydrogen (secondary N) is 1. The summed E-state index contributed by atoms with van der Waals surface area (Å²) in [7, 11) is 0. The second-order valence-electron chi connectivity index (χ2n) is 6.55. The zero-order valence-electron chi connectivity index (χ0n) is 15.7. The highest BCUT2D eigenvalue weighted by Crippen LogP contribution is 2.16. The summed E-state index contributed by atoms with van der Waals surface area (Å²) in [5, 5.41) is 6.98. The molecule has 2 aromatic carbocycles. The van der Waals surface area contributed by atoms with Gasteiger partial charge in [-0.1, -0.05) is 30.3 Å². The summed E-state index contributed by atoms with van der Waals surface area (Å²) in [6.45, 7) is 1.66. The van der Waals surface area contributed by atoms with Crippen molar-refractivity contribution in [3.05, 3.63) is 89.4 Å². The smallest absolute Gasteiger partial charge is 0.388 e. The van der Waals surface area contributed by atoms with E-state index in [0.717, 1.165) is 15.9 Å². The molecule has 0 radical (unpaired) electrons. The predicted molar refractivity (Wildman–Crippen MR) is 106 cm³/mol. The lowest BCUT2D eigenvalue weighted by Gasteiger charge is -2.14. The van der Waals surface area contributed by atoms with Crippen LogP contribution in [0.15, 0.2) is 82.5 Å². The molecule has 8 nitrogen and oxygen atoms in total. The lowest BCUT2D eigenvalue weighted by molar-refractivity contribution is -0.122. The number of rotatable bonds is 6. The normalized spacial score (nSPS) is 11.9. The average molecular weight is 389 g/mol. The Hall–Kier alpha value is -3.94. The van der Waals surface area contributed by atoms with Crippen molar-refractivity contribution in [3.8, 4) is 17.1 Å². The third-order valence-electron chi connectivity index (χ3n) is 4.49. The molecule has 0 aliphatic heterocycles. The van der Waals surface area contributed by atoms with Gasteiger partial charge in [-0.3, -0.25) is 4.79 Å². The molecule has 0 aliphatic carbocycles. The fourth-order valence-corrected chi connectivity index (χ4v) is 2.96. The summed E-state index contributed by atoms with van der Waals surface area (Å²) in [6.07, 6.45) is 5.30. The van der Waals surface area contributed by atoms with E-state index in [-0.39, 0.29) is 24.4 Å². The van der Waals surface area contributed by atoms with Gasteiger partial charge in [0.15, 0.2) is 0 Å². The van der Waals surface area contributed by atoms with Crippen molar-refractivity contribution in [3.63, 3.8) is 0 Å². The zero-order chi connectivity index (χ0) is 20.2. The second-order valence-corrected chi connectivity index (χ2v) is 6.55. The van der Waals surface area contributed by atoms with Crippen molar-refractivity contribution in [1.82, 2.24) is 24.6 Å². The van der Waals surface area contributed by atoms with E-state index >= 15 is 0 Å². The fourth-order valence-electron chi connectivity index (χ4n) is 2.96. The van der Waals surface area contributed by atoms with Crippen LogP contribution < -0.4 is 11.1 Å². The average Bonchev–Trinajstić information content (AvgIpc) is 3.39. The van der Waals surface area contributed by atoms with Crippen LogP contribution in [0.1, 0.15) is 18.5 Å². The fraction of sp³-hybridized carbons (Fsp3) is 0.143. The zero-order valence-corrected chi connectivity index (χ0v) is 15.7. The van der Waals surface area contributed by atoms with Gasteiger partial charge in [0.2, 0.25) is 11.8 Å². The van der Waals surface area contributed by atoms with Crippen LogP contribution in [-0.4, -0.2) is 25.2 Å². The van der Waals surface area contributed by atoms with Crippen LogP contribution in [0, 0.1) is 0 Å². The van der Waals surface area contributed by atoms with Crippen LogP contribution in [0.2, 0.25) is 0 Å². The van der Waals surface area contributed by atoms with Gasteiger partial charge in [0.05, 0.1) is 12.4 Å². The molecule has 1 amide bonds. The summed E-state index contributed by atoms with van der Waals surface area (Å²) in [6, 6.07) is 16.6. The number of carbonyl (C=O) groups excluding carboxylic acids is 1. The molecule has 4 aromatic rings. The highest BCUT2D eigenvalue weighted by atomic mass is 16.4. The Balaban J connectivity index is 1.41. The van der Waals surface area contributed by atoms with E-state index in [1.165, 1.54) is 0 Å². The molecule has 0 fully saturated rings. The number of nitrogens with zero attached hydrogens (tertiary/aromatic N) is 4. The van der Waals surface area contributed by atoms with E-state index in [1.54, 1.807) is 24.7 Å². The molecule has 0 spiro atoms. The van der Waals surface area contributed by atoms with Gasteiger partial charge in [-0.15, -0.1) is 5.10 Å². The summed E-state index contributed by atoms with van der Waals surface area (Å²) in [5.41, 5.74) is 2.60. The molecule has 0 aliphatic rings. The van der Waals surface area contributed by atoms with Gasteiger partial charge in [0, 0.05) is 23.6 Å². The van der Waals surface area contributed by atoms with E-state index < -0.39 is 5.76 Å². The van der Waals surface area contributed by atoms with Gasteiger partial charge in [0.25, 0.3) is 0 Å². The highest BCUT2D eigenvalue weighted by Gasteiger charge is 2.15. The number of carbonyl (C=O) groups is 1. The Kier molecular flexibility index (Phi) is 5.07. The summed E-state index contributed by atoms with van der Waals surface area (Å²) in [4.78, 5) is 28.4. The molecular formula is C21H19N5O3. The molecule has 8 heteroatoms. The molecule has 0 saturated carbocycles. The number of hydrogen-bond donors (Lipinski definition) is 1. The lowest BCUT2D eigenvalue weighted by Crippen LogP contribution is -2.33. The van der Waals surface area contributed by atoms with E-state index in [9.17, 15) is 9.59 Å². The molecule has 1 atom stereocenters. The minimum atomic E-state index is -0.670. The van der Waals surface area contributed by atoms with Crippen molar-refractivity contribution in [1.29, 1.82) is 0 Å². The minimum Gasteiger partial charge on any atom is -0.388 e. The van der Waals surface area contributed by atoms with Crippen LogP contribution in [-0.2, 0) is 11.3 Å². The first-order chi connectivity index (χ1) is 14.1. The van der Waals surface area contributed by atoms with Gasteiger partial charge < -0.3 is 14.3 Å². The van der Waals surface area contributed by atoms with Crippen molar-refractivity contribution in [2.45, 2.75) is 19.5 Å². The van der Waals surface area contributed by atoms with Crippen molar-refractivity contribution >= 4 is 5.91 Å². The standard InChI is InChI=1S/C21H19N5O3/c1-15(16-7-9-18(10-8-16)25-12-11-22-14-25)23-19(27)13-26-21(28)29-20(24-26)17-5-3-2-4-6-17/h2-12,14-15H,13H2,1H3,(H,23,27). The quantitative estimate of drug-likeness (QED) is 0.547. The Morgan fingerprint density at radius 2 is 1.90 bits per heavy atom. The second kappa shape index (κ2) is 7.97. The number of benzene rings is 2. The molecule has 0 bridgehead atoms. The molecule has 2 heterocycles.